The minimum atomic E-state index is 0.00577. The first-order chi connectivity index (χ1) is 9.51. The second-order valence-electron chi connectivity index (χ2n) is 4.88. The van der Waals surface area contributed by atoms with Crippen molar-refractivity contribution in [2.45, 2.75) is 39.7 Å². The van der Waals surface area contributed by atoms with Gasteiger partial charge in [-0.25, -0.2) is 0 Å². The summed E-state index contributed by atoms with van der Waals surface area (Å²) in [5.74, 6) is 0.330. The molecule has 0 aliphatic rings. The van der Waals surface area contributed by atoms with Crippen LogP contribution in [0.3, 0.4) is 0 Å². The van der Waals surface area contributed by atoms with E-state index in [0.29, 0.717) is 18.9 Å². The number of nitrogens with zero attached hydrogens (tertiary/aromatic N) is 1. The number of rotatable bonds is 6. The Morgan fingerprint density at radius 3 is 2.60 bits per heavy atom. The standard InChI is InChI=1S/C15H24N4O/c1-4-12(3)18-14(20)9-10-17-15(16)19-13-7-5-11(2)6-8-13/h5-8,12H,4,9-10H2,1-3H3,(H,18,20)(H3,16,17,19). The molecule has 0 spiro atoms. The number of amides is 1. The average molecular weight is 276 g/mol. The van der Waals surface area contributed by atoms with E-state index in [9.17, 15) is 4.79 Å². The highest BCUT2D eigenvalue weighted by molar-refractivity contribution is 5.92. The van der Waals surface area contributed by atoms with Gasteiger partial charge < -0.3 is 16.4 Å². The number of carbonyl (C=O) groups excluding carboxylic acids is 1. The monoisotopic (exact) mass is 276 g/mol. The number of hydrogen-bond donors (Lipinski definition) is 3. The molecule has 1 aromatic carbocycles. The lowest BCUT2D eigenvalue weighted by Gasteiger charge is -2.10. The lowest BCUT2D eigenvalue weighted by atomic mass is 10.2. The van der Waals surface area contributed by atoms with Gasteiger partial charge in [0.05, 0.1) is 6.54 Å². The first-order valence-electron chi connectivity index (χ1n) is 6.94. The third-order valence-corrected chi connectivity index (χ3v) is 2.96. The Kier molecular flexibility index (Phi) is 6.56. The van der Waals surface area contributed by atoms with Gasteiger partial charge in [0.1, 0.15) is 0 Å². The third-order valence-electron chi connectivity index (χ3n) is 2.96. The van der Waals surface area contributed by atoms with Gasteiger partial charge in [-0.3, -0.25) is 9.79 Å². The van der Waals surface area contributed by atoms with Gasteiger partial charge >= 0.3 is 0 Å². The summed E-state index contributed by atoms with van der Waals surface area (Å²) in [7, 11) is 0. The zero-order valence-corrected chi connectivity index (χ0v) is 12.4. The molecule has 0 aliphatic heterocycles. The number of carbonyl (C=O) groups is 1. The number of anilines is 1. The first-order valence-corrected chi connectivity index (χ1v) is 6.94. The van der Waals surface area contributed by atoms with Crippen LogP contribution in [0, 0.1) is 6.92 Å². The zero-order valence-electron chi connectivity index (χ0n) is 12.4. The Bertz CT molecular complexity index is 453. The Balaban J connectivity index is 2.34. The molecule has 4 N–H and O–H groups in total. The Hall–Kier alpha value is -2.04. The van der Waals surface area contributed by atoms with Gasteiger partial charge in [-0.15, -0.1) is 0 Å². The molecule has 1 aromatic rings. The van der Waals surface area contributed by atoms with Gasteiger partial charge in [0.2, 0.25) is 5.91 Å². The molecule has 1 atom stereocenters. The third kappa shape index (κ3) is 6.22. The zero-order chi connectivity index (χ0) is 15.0. The first kappa shape index (κ1) is 16.0. The predicted octanol–water partition coefficient (Wildman–Crippen LogP) is 2.03. The number of nitrogens with two attached hydrogens (primary N) is 1. The normalized spacial score (nSPS) is 12.8. The summed E-state index contributed by atoms with van der Waals surface area (Å²) in [4.78, 5) is 15.7. The summed E-state index contributed by atoms with van der Waals surface area (Å²) in [5, 5.41) is 5.88. The van der Waals surface area contributed by atoms with Gasteiger partial charge in [-0.05, 0) is 32.4 Å². The van der Waals surface area contributed by atoms with E-state index < -0.39 is 0 Å². The molecule has 1 unspecified atom stereocenters. The number of hydrogen-bond acceptors (Lipinski definition) is 2. The van der Waals surface area contributed by atoms with E-state index in [1.54, 1.807) is 0 Å². The molecule has 110 valence electrons. The van der Waals surface area contributed by atoms with Crippen molar-refractivity contribution >= 4 is 17.6 Å². The fourth-order valence-corrected chi connectivity index (χ4v) is 1.55. The van der Waals surface area contributed by atoms with Gasteiger partial charge in [0.15, 0.2) is 5.96 Å². The molecule has 20 heavy (non-hydrogen) atoms. The molecular weight excluding hydrogens is 252 g/mol. The predicted molar refractivity (Wildman–Crippen MR) is 83.8 cm³/mol. The molecule has 1 amide bonds. The lowest BCUT2D eigenvalue weighted by Crippen LogP contribution is -2.32. The van der Waals surface area contributed by atoms with Crippen molar-refractivity contribution in [1.29, 1.82) is 0 Å². The quantitative estimate of drug-likeness (QED) is 0.549. The Morgan fingerprint density at radius 2 is 2.00 bits per heavy atom. The van der Waals surface area contributed by atoms with Crippen LogP contribution in [0.15, 0.2) is 29.3 Å². The molecule has 0 saturated heterocycles. The van der Waals surface area contributed by atoms with E-state index in [0.717, 1.165) is 12.1 Å². The van der Waals surface area contributed by atoms with E-state index in [4.69, 9.17) is 5.73 Å². The molecule has 0 radical (unpaired) electrons. The number of benzene rings is 1. The highest BCUT2D eigenvalue weighted by atomic mass is 16.1. The number of guanidine groups is 1. The van der Waals surface area contributed by atoms with Crippen molar-refractivity contribution in [3.8, 4) is 0 Å². The molecule has 0 bridgehead atoms. The molecule has 5 nitrogen and oxygen atoms in total. The van der Waals surface area contributed by atoms with E-state index in [1.165, 1.54) is 5.56 Å². The van der Waals surface area contributed by atoms with Crippen molar-refractivity contribution in [2.75, 3.05) is 11.9 Å². The van der Waals surface area contributed by atoms with E-state index >= 15 is 0 Å². The van der Waals surface area contributed by atoms with Gasteiger partial charge in [0, 0.05) is 18.2 Å². The van der Waals surface area contributed by atoms with E-state index in [1.807, 2.05) is 45.0 Å². The van der Waals surface area contributed by atoms with Gasteiger partial charge in [0.25, 0.3) is 0 Å². The van der Waals surface area contributed by atoms with Gasteiger partial charge in [-0.2, -0.15) is 0 Å². The summed E-state index contributed by atoms with van der Waals surface area (Å²) in [6.07, 6.45) is 1.27. The van der Waals surface area contributed by atoms with E-state index in [2.05, 4.69) is 15.6 Å². The van der Waals surface area contributed by atoms with Crippen LogP contribution in [0.2, 0.25) is 0 Å². The van der Waals surface area contributed by atoms with Crippen LogP contribution in [0.5, 0.6) is 0 Å². The van der Waals surface area contributed by atoms with Crippen molar-refractivity contribution in [2.24, 2.45) is 10.7 Å². The second kappa shape index (κ2) is 8.19. The summed E-state index contributed by atoms with van der Waals surface area (Å²) >= 11 is 0. The van der Waals surface area contributed by atoms with Crippen molar-refractivity contribution in [1.82, 2.24) is 5.32 Å². The number of nitrogens with one attached hydrogen (secondary N) is 2. The fraction of sp³-hybridized carbons (Fsp3) is 0.467. The van der Waals surface area contributed by atoms with Crippen LogP contribution in [0.4, 0.5) is 5.69 Å². The van der Waals surface area contributed by atoms with Crippen molar-refractivity contribution < 1.29 is 4.79 Å². The summed E-state index contributed by atoms with van der Waals surface area (Å²) in [6.45, 7) is 6.42. The highest BCUT2D eigenvalue weighted by Gasteiger charge is 2.04. The second-order valence-corrected chi connectivity index (χ2v) is 4.88. The maximum atomic E-state index is 11.5. The maximum Gasteiger partial charge on any atom is 0.222 e. The minimum absolute atomic E-state index is 0.00577. The topological polar surface area (TPSA) is 79.5 Å². The van der Waals surface area contributed by atoms with Crippen LogP contribution in [-0.4, -0.2) is 24.5 Å². The Morgan fingerprint density at radius 1 is 1.35 bits per heavy atom. The molecule has 0 heterocycles. The van der Waals surface area contributed by atoms with Crippen LogP contribution >= 0.6 is 0 Å². The molecular formula is C15H24N4O. The lowest BCUT2D eigenvalue weighted by molar-refractivity contribution is -0.121. The van der Waals surface area contributed by atoms with Crippen LogP contribution in [0.25, 0.3) is 0 Å². The van der Waals surface area contributed by atoms with Crippen molar-refractivity contribution in [3.05, 3.63) is 29.8 Å². The Labute approximate surface area is 120 Å². The van der Waals surface area contributed by atoms with E-state index in [-0.39, 0.29) is 11.9 Å². The van der Waals surface area contributed by atoms with Crippen LogP contribution in [0.1, 0.15) is 32.3 Å². The summed E-state index contributed by atoms with van der Waals surface area (Å²) < 4.78 is 0. The minimum Gasteiger partial charge on any atom is -0.370 e. The van der Waals surface area contributed by atoms with Crippen molar-refractivity contribution in [3.63, 3.8) is 0 Å². The van der Waals surface area contributed by atoms with Crippen LogP contribution in [-0.2, 0) is 4.79 Å². The van der Waals surface area contributed by atoms with Crippen LogP contribution < -0.4 is 16.4 Å². The highest BCUT2D eigenvalue weighted by Crippen LogP contribution is 2.07. The average Bonchev–Trinajstić information content (AvgIpc) is 2.41. The molecule has 0 saturated carbocycles. The maximum absolute atomic E-state index is 11.5. The molecule has 1 rings (SSSR count). The molecule has 0 aromatic heterocycles. The fourth-order valence-electron chi connectivity index (χ4n) is 1.55. The summed E-state index contributed by atoms with van der Waals surface area (Å²) in [6, 6.07) is 8.07. The molecule has 5 heteroatoms. The molecule has 0 aliphatic carbocycles. The van der Waals surface area contributed by atoms with Gasteiger partial charge in [-0.1, -0.05) is 24.6 Å². The SMILES string of the molecule is CCC(C)NC(=O)CCN=C(N)Nc1ccc(C)cc1. The largest absolute Gasteiger partial charge is 0.370 e. The number of aliphatic imine (C=N–C) groups is 1. The number of aryl methyl sites for hydroxylation is 1. The smallest absolute Gasteiger partial charge is 0.222 e. The molecule has 0 fully saturated rings. The summed E-state index contributed by atoms with van der Waals surface area (Å²) in [5.41, 5.74) is 7.84.